The number of aromatic hydroxyl groups is 1. The van der Waals surface area contributed by atoms with Crippen LogP contribution in [-0.2, 0) is 14.8 Å². The molecule has 2 N–H and O–H groups in total. The monoisotopic (exact) mass is 366 g/mol. The number of nitrogens with one attached hydrogen (secondary N) is 1. The number of carbonyl (C=O) groups is 1. The molecule has 0 fully saturated rings. The lowest BCUT2D eigenvalue weighted by Crippen LogP contribution is -2.13. The minimum atomic E-state index is -4.11. The van der Waals surface area contributed by atoms with E-state index >= 15 is 0 Å². The zero-order valence-corrected chi connectivity index (χ0v) is 13.8. The van der Waals surface area contributed by atoms with Gasteiger partial charge < -0.3 is 9.84 Å². The van der Waals surface area contributed by atoms with Gasteiger partial charge in [-0.1, -0.05) is 0 Å². The molecule has 0 atom stereocenters. The molecule has 0 saturated heterocycles. The number of nitro groups is 1. The van der Waals surface area contributed by atoms with Crippen molar-refractivity contribution >= 4 is 27.4 Å². The van der Waals surface area contributed by atoms with Crippen LogP contribution in [0.15, 0.2) is 47.4 Å². The summed E-state index contributed by atoms with van der Waals surface area (Å²) in [6, 6.07) is 8.21. The molecule has 0 bridgehead atoms. The Hall–Kier alpha value is -3.14. The summed E-state index contributed by atoms with van der Waals surface area (Å²) in [6.45, 7) is 1.88. The van der Waals surface area contributed by atoms with Crippen LogP contribution in [0.2, 0.25) is 0 Å². The van der Waals surface area contributed by atoms with Crippen molar-refractivity contribution in [1.82, 2.24) is 0 Å². The van der Waals surface area contributed by atoms with Crippen molar-refractivity contribution in [2.75, 3.05) is 11.3 Å². The number of hydrogen-bond acceptors (Lipinski definition) is 7. The van der Waals surface area contributed by atoms with Crippen molar-refractivity contribution in [3.05, 3.63) is 58.1 Å². The third-order valence-corrected chi connectivity index (χ3v) is 4.48. The molecule has 0 aliphatic rings. The molecule has 2 aromatic rings. The van der Waals surface area contributed by atoms with Crippen LogP contribution in [0.4, 0.5) is 11.4 Å². The number of hydrogen-bond donors (Lipinski definition) is 2. The van der Waals surface area contributed by atoms with Gasteiger partial charge in [0.2, 0.25) is 0 Å². The van der Waals surface area contributed by atoms with E-state index in [0.29, 0.717) is 0 Å². The van der Waals surface area contributed by atoms with Crippen molar-refractivity contribution in [3.63, 3.8) is 0 Å². The minimum absolute atomic E-state index is 0.156. The second-order valence-electron chi connectivity index (χ2n) is 4.81. The Morgan fingerprint density at radius 2 is 1.88 bits per heavy atom. The molecule has 9 nitrogen and oxygen atoms in total. The number of nitro benzene ring substituents is 1. The van der Waals surface area contributed by atoms with Crippen molar-refractivity contribution in [3.8, 4) is 5.75 Å². The highest BCUT2D eigenvalue weighted by Gasteiger charge is 2.21. The number of anilines is 1. The third-order valence-electron chi connectivity index (χ3n) is 3.10. The predicted molar refractivity (Wildman–Crippen MR) is 88.0 cm³/mol. The Labute approximate surface area is 143 Å². The lowest BCUT2D eigenvalue weighted by atomic mass is 10.2. The zero-order chi connectivity index (χ0) is 18.6. The molecule has 2 rings (SSSR count). The van der Waals surface area contributed by atoms with Crippen molar-refractivity contribution in [1.29, 1.82) is 0 Å². The van der Waals surface area contributed by atoms with Crippen molar-refractivity contribution in [2.24, 2.45) is 0 Å². The largest absolute Gasteiger partial charge is 0.502 e. The number of nitrogens with zero attached hydrogens (tertiary/aromatic N) is 1. The van der Waals surface area contributed by atoms with Gasteiger partial charge in [0.15, 0.2) is 5.75 Å². The Bertz CT molecular complexity index is 908. The third kappa shape index (κ3) is 4.23. The van der Waals surface area contributed by atoms with Crippen LogP contribution in [0.1, 0.15) is 17.3 Å². The fraction of sp³-hybridized carbons (Fsp3) is 0.133. The lowest BCUT2D eigenvalue weighted by Gasteiger charge is -2.09. The molecule has 0 aromatic heterocycles. The first-order valence-corrected chi connectivity index (χ1v) is 8.50. The van der Waals surface area contributed by atoms with Gasteiger partial charge in [-0.05, 0) is 43.3 Å². The molecule has 0 amide bonds. The Balaban J connectivity index is 2.26. The van der Waals surface area contributed by atoms with Crippen LogP contribution >= 0.6 is 0 Å². The number of sulfonamides is 1. The van der Waals surface area contributed by atoms with Gasteiger partial charge in [0, 0.05) is 11.8 Å². The van der Waals surface area contributed by atoms with Gasteiger partial charge in [0.05, 0.1) is 22.0 Å². The normalized spacial score (nSPS) is 10.9. The van der Waals surface area contributed by atoms with E-state index in [1.165, 1.54) is 24.3 Å². The van der Waals surface area contributed by atoms with Crippen LogP contribution in [0, 0.1) is 10.1 Å². The smallest absolute Gasteiger partial charge is 0.338 e. The van der Waals surface area contributed by atoms with E-state index in [1.54, 1.807) is 6.92 Å². The molecule has 25 heavy (non-hydrogen) atoms. The molecule has 0 aliphatic heterocycles. The maximum Gasteiger partial charge on any atom is 0.338 e. The minimum Gasteiger partial charge on any atom is -0.502 e. The van der Waals surface area contributed by atoms with Gasteiger partial charge in [-0.3, -0.25) is 14.8 Å². The van der Waals surface area contributed by atoms with Gasteiger partial charge in [-0.2, -0.15) is 0 Å². The molecule has 0 unspecified atom stereocenters. The van der Waals surface area contributed by atoms with E-state index in [0.717, 1.165) is 18.2 Å². The molecule has 132 valence electrons. The maximum atomic E-state index is 12.3. The van der Waals surface area contributed by atoms with Gasteiger partial charge >= 0.3 is 11.7 Å². The molecule has 10 heteroatoms. The Kier molecular flexibility index (Phi) is 5.22. The molecule has 0 saturated carbocycles. The molecular formula is C15H14N2O7S. The molecule has 0 radical (unpaired) electrons. The quantitative estimate of drug-likeness (QED) is 0.454. The number of carbonyl (C=O) groups excluding carboxylic acids is 1. The summed E-state index contributed by atoms with van der Waals surface area (Å²) < 4.78 is 31.7. The predicted octanol–water partition coefficient (Wildman–Crippen LogP) is 2.28. The summed E-state index contributed by atoms with van der Waals surface area (Å²) in [4.78, 5) is 21.1. The van der Waals surface area contributed by atoms with Crippen LogP contribution in [0.3, 0.4) is 0 Å². The summed E-state index contributed by atoms with van der Waals surface area (Å²) in [5.74, 6) is -1.17. The number of esters is 1. The number of phenolic OH excluding ortho intramolecular Hbond substituents is 1. The van der Waals surface area contributed by atoms with E-state index in [1.807, 2.05) is 0 Å². The van der Waals surface area contributed by atoms with Gasteiger partial charge in [0.1, 0.15) is 0 Å². The van der Waals surface area contributed by atoms with E-state index in [4.69, 9.17) is 4.74 Å². The summed E-state index contributed by atoms with van der Waals surface area (Å²) in [5.41, 5.74) is -0.311. The van der Waals surface area contributed by atoms with Crippen molar-refractivity contribution in [2.45, 2.75) is 11.8 Å². The van der Waals surface area contributed by atoms with Crippen molar-refractivity contribution < 1.29 is 28.0 Å². The number of ether oxygens (including phenoxy) is 1. The Morgan fingerprint density at radius 3 is 2.44 bits per heavy atom. The van der Waals surface area contributed by atoms with E-state index in [2.05, 4.69) is 4.72 Å². The first-order valence-electron chi connectivity index (χ1n) is 7.02. The number of phenols is 1. The Morgan fingerprint density at radius 1 is 1.24 bits per heavy atom. The molecule has 0 spiro atoms. The number of benzene rings is 2. The fourth-order valence-electron chi connectivity index (χ4n) is 1.92. The highest BCUT2D eigenvalue weighted by molar-refractivity contribution is 7.92. The zero-order valence-electron chi connectivity index (χ0n) is 13.0. The maximum absolute atomic E-state index is 12.3. The first-order chi connectivity index (χ1) is 11.7. The van der Waals surface area contributed by atoms with Crippen LogP contribution in [0.5, 0.6) is 5.75 Å². The van der Waals surface area contributed by atoms with E-state index in [9.17, 15) is 28.4 Å². The standard InChI is InChI=1S/C15H14N2O7S/c1-2-24-15(19)10-3-5-11(6-4-10)16-25(22,23)12-7-8-14(18)13(9-12)17(20)21/h3-9,16,18H,2H2,1H3. The van der Waals surface area contributed by atoms with Crippen LogP contribution in [-0.4, -0.2) is 31.0 Å². The topological polar surface area (TPSA) is 136 Å². The SMILES string of the molecule is CCOC(=O)c1ccc(NS(=O)(=O)c2ccc(O)c([N+](=O)[O-])c2)cc1. The highest BCUT2D eigenvalue weighted by atomic mass is 32.2. The summed E-state index contributed by atoms with van der Waals surface area (Å²) in [6.07, 6.45) is 0. The molecule has 0 heterocycles. The fourth-order valence-corrected chi connectivity index (χ4v) is 3.00. The van der Waals surface area contributed by atoms with Gasteiger partial charge in [-0.15, -0.1) is 0 Å². The summed E-state index contributed by atoms with van der Waals surface area (Å²) in [7, 11) is -4.11. The van der Waals surface area contributed by atoms with Crippen LogP contribution < -0.4 is 4.72 Å². The molecule has 2 aromatic carbocycles. The average Bonchev–Trinajstić information content (AvgIpc) is 2.55. The second kappa shape index (κ2) is 7.18. The second-order valence-corrected chi connectivity index (χ2v) is 6.49. The molecule has 0 aliphatic carbocycles. The van der Waals surface area contributed by atoms with Gasteiger partial charge in [-0.25, -0.2) is 13.2 Å². The molecular weight excluding hydrogens is 352 g/mol. The summed E-state index contributed by atoms with van der Waals surface area (Å²) >= 11 is 0. The highest BCUT2D eigenvalue weighted by Crippen LogP contribution is 2.29. The first kappa shape index (κ1) is 18.2. The van der Waals surface area contributed by atoms with Crippen LogP contribution in [0.25, 0.3) is 0 Å². The average molecular weight is 366 g/mol. The summed E-state index contributed by atoms with van der Waals surface area (Å²) in [5, 5.41) is 20.2. The van der Waals surface area contributed by atoms with Gasteiger partial charge in [0.25, 0.3) is 10.0 Å². The number of rotatable bonds is 6. The van der Waals surface area contributed by atoms with E-state index < -0.39 is 32.4 Å². The lowest BCUT2D eigenvalue weighted by molar-refractivity contribution is -0.386. The van der Waals surface area contributed by atoms with E-state index in [-0.39, 0.29) is 22.8 Å².